The van der Waals surface area contributed by atoms with Crippen molar-refractivity contribution in [2.45, 2.75) is 26.2 Å². The zero-order chi connectivity index (χ0) is 17.5. The number of aromatic nitrogens is 1. The second-order valence-electron chi connectivity index (χ2n) is 6.94. The molecule has 1 aromatic heterocycles. The molecule has 0 atom stereocenters. The van der Waals surface area contributed by atoms with Gasteiger partial charge in [-0.2, -0.15) is 0 Å². The molecule has 0 aliphatic carbocycles. The van der Waals surface area contributed by atoms with E-state index in [1.54, 1.807) is 24.3 Å². The van der Waals surface area contributed by atoms with Crippen LogP contribution < -0.4 is 10.2 Å². The van der Waals surface area contributed by atoms with Gasteiger partial charge in [-0.1, -0.05) is 26.8 Å². The average molecular weight is 323 g/mol. The summed E-state index contributed by atoms with van der Waals surface area (Å²) in [5.41, 5.74) is 3.34. The van der Waals surface area contributed by atoms with E-state index in [1.165, 1.54) is 7.11 Å². The summed E-state index contributed by atoms with van der Waals surface area (Å²) < 4.78 is 5.14. The number of methoxy groups -OCH3 is 1. The van der Waals surface area contributed by atoms with Gasteiger partial charge in [-0.25, -0.2) is 0 Å². The smallest absolute Gasteiger partial charge is 0.190 e. The first-order valence-electron chi connectivity index (χ1n) is 7.84. The zero-order valence-corrected chi connectivity index (χ0v) is 14.3. The molecular formula is C20H21NO3. The molecular weight excluding hydrogens is 302 g/mol. The van der Waals surface area contributed by atoms with Crippen LogP contribution in [0, 0.1) is 0 Å². The Bertz CT molecular complexity index is 965. The van der Waals surface area contributed by atoms with Crippen molar-refractivity contribution in [3.8, 4) is 22.8 Å². The minimum atomic E-state index is -0.0307. The average Bonchev–Trinajstić information content (AvgIpc) is 2.54. The van der Waals surface area contributed by atoms with Crippen molar-refractivity contribution in [2.24, 2.45) is 0 Å². The summed E-state index contributed by atoms with van der Waals surface area (Å²) in [7, 11) is 1.50. The molecule has 2 N–H and O–H groups in total. The molecule has 0 spiro atoms. The maximum atomic E-state index is 12.6. The Morgan fingerprint density at radius 1 is 1.04 bits per heavy atom. The second kappa shape index (κ2) is 5.71. The van der Waals surface area contributed by atoms with Crippen LogP contribution in [-0.2, 0) is 5.41 Å². The van der Waals surface area contributed by atoms with Gasteiger partial charge in [-0.05, 0) is 41.3 Å². The number of pyridine rings is 1. The van der Waals surface area contributed by atoms with Crippen molar-refractivity contribution >= 4 is 10.9 Å². The van der Waals surface area contributed by atoms with Gasteiger partial charge in [0.05, 0.1) is 7.11 Å². The molecule has 1 heterocycles. The Labute approximate surface area is 140 Å². The van der Waals surface area contributed by atoms with Gasteiger partial charge in [0, 0.05) is 28.2 Å². The van der Waals surface area contributed by atoms with Crippen molar-refractivity contribution < 1.29 is 9.84 Å². The van der Waals surface area contributed by atoms with Gasteiger partial charge in [0.2, 0.25) is 0 Å². The third-order valence-electron chi connectivity index (χ3n) is 4.19. The van der Waals surface area contributed by atoms with Gasteiger partial charge in [0.25, 0.3) is 0 Å². The molecule has 0 amide bonds. The molecule has 0 aliphatic heterocycles. The van der Waals surface area contributed by atoms with Gasteiger partial charge in [0.15, 0.2) is 16.9 Å². The molecule has 0 saturated heterocycles. The van der Waals surface area contributed by atoms with E-state index in [0.29, 0.717) is 16.8 Å². The highest BCUT2D eigenvalue weighted by molar-refractivity contribution is 5.82. The molecule has 24 heavy (non-hydrogen) atoms. The van der Waals surface area contributed by atoms with Crippen molar-refractivity contribution in [3.05, 3.63) is 58.3 Å². The summed E-state index contributed by atoms with van der Waals surface area (Å²) >= 11 is 0. The lowest BCUT2D eigenvalue weighted by Gasteiger charge is -2.19. The highest BCUT2D eigenvalue weighted by atomic mass is 16.5. The number of phenols is 1. The van der Waals surface area contributed by atoms with E-state index < -0.39 is 0 Å². The molecule has 3 rings (SSSR count). The number of rotatable bonds is 2. The molecule has 0 radical (unpaired) electrons. The number of aromatic hydroxyl groups is 1. The fraction of sp³-hybridized carbons (Fsp3) is 0.250. The van der Waals surface area contributed by atoms with Gasteiger partial charge >= 0.3 is 0 Å². The molecule has 4 heteroatoms. The Morgan fingerprint density at radius 3 is 2.46 bits per heavy atom. The minimum Gasteiger partial charge on any atom is -0.504 e. The number of benzene rings is 2. The lowest BCUT2D eigenvalue weighted by molar-refractivity contribution is 0.373. The van der Waals surface area contributed by atoms with Crippen molar-refractivity contribution in [3.63, 3.8) is 0 Å². The van der Waals surface area contributed by atoms with Gasteiger partial charge in [-0.15, -0.1) is 0 Å². The van der Waals surface area contributed by atoms with Crippen LogP contribution in [0.5, 0.6) is 11.5 Å². The van der Waals surface area contributed by atoms with Crippen LogP contribution in [0.3, 0.4) is 0 Å². The molecule has 2 aromatic carbocycles. The highest BCUT2D eigenvalue weighted by Gasteiger charge is 2.15. The number of phenolic OH excluding ortho intramolecular Hbond substituents is 1. The van der Waals surface area contributed by atoms with Crippen molar-refractivity contribution in [1.29, 1.82) is 0 Å². The van der Waals surface area contributed by atoms with Crippen molar-refractivity contribution in [1.82, 2.24) is 4.98 Å². The molecule has 0 fully saturated rings. The van der Waals surface area contributed by atoms with Gasteiger partial charge < -0.3 is 14.8 Å². The van der Waals surface area contributed by atoms with Crippen LogP contribution in [-0.4, -0.2) is 17.2 Å². The van der Waals surface area contributed by atoms with Crippen LogP contribution in [0.1, 0.15) is 26.3 Å². The first kappa shape index (κ1) is 16.1. The third kappa shape index (κ3) is 2.87. The van der Waals surface area contributed by atoms with E-state index in [-0.39, 0.29) is 16.6 Å². The standard InChI is InChI=1S/C20H21NO3/c1-20(2,3)13-6-7-15-14(10-13)18(23)11-16(21-15)12-5-8-17(22)19(9-12)24-4/h5-11,22H,1-4H3,(H,21,23). The predicted octanol–water partition coefficient (Wildman–Crippen LogP) is 4.21. The van der Waals surface area contributed by atoms with Crippen LogP contribution in [0.15, 0.2) is 47.3 Å². The van der Waals surface area contributed by atoms with Crippen molar-refractivity contribution in [2.75, 3.05) is 7.11 Å². The van der Waals surface area contributed by atoms with Gasteiger partial charge in [0.1, 0.15) is 0 Å². The number of aromatic amines is 1. The van der Waals surface area contributed by atoms with Crippen LogP contribution in [0.25, 0.3) is 22.2 Å². The Morgan fingerprint density at radius 2 is 1.79 bits per heavy atom. The van der Waals surface area contributed by atoms with Crippen LogP contribution in [0.2, 0.25) is 0 Å². The Balaban J connectivity index is 2.17. The summed E-state index contributed by atoms with van der Waals surface area (Å²) in [4.78, 5) is 15.9. The lowest BCUT2D eigenvalue weighted by Crippen LogP contribution is -2.12. The predicted molar refractivity (Wildman–Crippen MR) is 96.9 cm³/mol. The normalized spacial score (nSPS) is 11.7. The Kier molecular flexibility index (Phi) is 3.84. The molecule has 0 aliphatic rings. The number of H-pyrrole nitrogens is 1. The minimum absolute atomic E-state index is 0.0103. The molecule has 0 bridgehead atoms. The first-order chi connectivity index (χ1) is 11.3. The molecule has 0 saturated carbocycles. The maximum absolute atomic E-state index is 12.6. The fourth-order valence-corrected chi connectivity index (χ4v) is 2.71. The molecule has 124 valence electrons. The van der Waals surface area contributed by atoms with E-state index in [1.807, 2.05) is 18.2 Å². The van der Waals surface area contributed by atoms with Crippen LogP contribution >= 0.6 is 0 Å². The zero-order valence-electron chi connectivity index (χ0n) is 14.3. The van der Waals surface area contributed by atoms with E-state index >= 15 is 0 Å². The van der Waals surface area contributed by atoms with E-state index in [4.69, 9.17) is 4.74 Å². The number of fused-ring (bicyclic) bond motifs is 1. The number of nitrogens with one attached hydrogen (secondary N) is 1. The summed E-state index contributed by atoms with van der Waals surface area (Å²) in [6, 6.07) is 12.5. The number of ether oxygens (including phenoxy) is 1. The summed E-state index contributed by atoms with van der Waals surface area (Å²) in [5.74, 6) is 0.440. The monoisotopic (exact) mass is 323 g/mol. The summed E-state index contributed by atoms with van der Waals surface area (Å²) in [5, 5.41) is 10.4. The third-order valence-corrected chi connectivity index (χ3v) is 4.19. The molecule has 3 aromatic rings. The van der Waals surface area contributed by atoms with Crippen LogP contribution in [0.4, 0.5) is 0 Å². The lowest BCUT2D eigenvalue weighted by atomic mass is 9.86. The largest absolute Gasteiger partial charge is 0.504 e. The molecule has 0 unspecified atom stereocenters. The maximum Gasteiger partial charge on any atom is 0.190 e. The van der Waals surface area contributed by atoms with Gasteiger partial charge in [-0.3, -0.25) is 4.79 Å². The van der Waals surface area contributed by atoms with E-state index in [2.05, 4.69) is 25.8 Å². The number of hydrogen-bond acceptors (Lipinski definition) is 3. The first-order valence-corrected chi connectivity index (χ1v) is 7.84. The van der Waals surface area contributed by atoms with E-state index in [9.17, 15) is 9.90 Å². The fourth-order valence-electron chi connectivity index (χ4n) is 2.71. The summed E-state index contributed by atoms with van der Waals surface area (Å²) in [6.45, 7) is 6.37. The molecule has 4 nitrogen and oxygen atoms in total. The summed E-state index contributed by atoms with van der Waals surface area (Å²) in [6.07, 6.45) is 0. The quantitative estimate of drug-likeness (QED) is 0.742. The SMILES string of the molecule is COc1cc(-c2cc(=O)c3cc(C(C)(C)C)ccc3[nH]2)ccc1O. The Hall–Kier alpha value is -2.75. The number of hydrogen-bond donors (Lipinski definition) is 2. The van der Waals surface area contributed by atoms with E-state index in [0.717, 1.165) is 16.6 Å². The second-order valence-corrected chi connectivity index (χ2v) is 6.94. The highest BCUT2D eigenvalue weighted by Crippen LogP contribution is 2.31. The topological polar surface area (TPSA) is 62.3 Å².